The summed E-state index contributed by atoms with van der Waals surface area (Å²) in [7, 11) is 0. The number of hydrogen-bond donors (Lipinski definition) is 1. The fourth-order valence-electron chi connectivity index (χ4n) is 2.91. The monoisotopic (exact) mass is 227 g/mol. The summed E-state index contributed by atoms with van der Waals surface area (Å²) < 4.78 is 5.09. The zero-order valence-corrected chi connectivity index (χ0v) is 9.39. The molecule has 3 unspecified atom stereocenters. The second kappa shape index (κ2) is 4.41. The third kappa shape index (κ3) is 1.80. The van der Waals surface area contributed by atoms with Crippen molar-refractivity contribution in [2.24, 2.45) is 5.92 Å². The highest BCUT2D eigenvalue weighted by Gasteiger charge is 2.51. The molecule has 3 atom stereocenters. The van der Waals surface area contributed by atoms with Gasteiger partial charge in [0.15, 0.2) is 0 Å². The number of carbonyl (C=O) groups is 2. The van der Waals surface area contributed by atoms with Gasteiger partial charge in [0.05, 0.1) is 5.92 Å². The fourth-order valence-corrected chi connectivity index (χ4v) is 2.91. The topological polar surface area (TPSA) is 66.8 Å². The van der Waals surface area contributed by atoms with Crippen molar-refractivity contribution in [2.75, 3.05) is 13.2 Å². The lowest BCUT2D eigenvalue weighted by Crippen LogP contribution is -2.39. The Hall–Kier alpha value is -1.10. The molecule has 2 rings (SSSR count). The molecule has 2 aliphatic rings. The molecule has 2 aliphatic heterocycles. The molecule has 1 amide bonds. The van der Waals surface area contributed by atoms with Crippen molar-refractivity contribution < 1.29 is 19.4 Å². The highest BCUT2D eigenvalue weighted by atomic mass is 16.5. The molecule has 0 aromatic rings. The normalized spacial score (nSPS) is 32.1. The van der Waals surface area contributed by atoms with Crippen LogP contribution < -0.4 is 0 Å². The number of ether oxygens (including phenoxy) is 1. The first-order valence-corrected chi connectivity index (χ1v) is 5.76. The molecule has 2 fully saturated rings. The number of carboxylic acid groups (broad SMARTS) is 1. The smallest absolute Gasteiger partial charge is 0.308 e. The molecule has 0 saturated carbocycles. The highest BCUT2D eigenvalue weighted by molar-refractivity contribution is 5.81. The molecule has 5 heteroatoms. The summed E-state index contributed by atoms with van der Waals surface area (Å²) in [4.78, 5) is 24.6. The van der Waals surface area contributed by atoms with Gasteiger partial charge in [0.2, 0.25) is 5.91 Å². The van der Waals surface area contributed by atoms with Gasteiger partial charge in [-0.2, -0.15) is 0 Å². The number of rotatable bonds is 4. The Balaban J connectivity index is 2.01. The largest absolute Gasteiger partial charge is 0.481 e. The number of amides is 1. The van der Waals surface area contributed by atoms with Crippen LogP contribution in [0.5, 0.6) is 0 Å². The number of carbonyl (C=O) groups excluding carboxylic acids is 1. The van der Waals surface area contributed by atoms with Crippen LogP contribution in [0.15, 0.2) is 0 Å². The predicted molar refractivity (Wildman–Crippen MR) is 55.9 cm³/mol. The van der Waals surface area contributed by atoms with Gasteiger partial charge in [-0.1, -0.05) is 0 Å². The van der Waals surface area contributed by atoms with Crippen LogP contribution in [0.25, 0.3) is 0 Å². The average Bonchev–Trinajstić information content (AvgIpc) is 2.82. The maximum Gasteiger partial charge on any atom is 0.308 e. The van der Waals surface area contributed by atoms with Crippen molar-refractivity contribution in [2.45, 2.75) is 38.3 Å². The van der Waals surface area contributed by atoms with Crippen LogP contribution in [-0.4, -0.2) is 47.2 Å². The lowest BCUT2D eigenvalue weighted by atomic mass is 9.89. The Morgan fingerprint density at radius 2 is 2.19 bits per heavy atom. The molecule has 2 heterocycles. The van der Waals surface area contributed by atoms with Crippen molar-refractivity contribution in [1.82, 2.24) is 4.90 Å². The summed E-state index contributed by atoms with van der Waals surface area (Å²) in [5, 5.41) is 9.04. The minimum Gasteiger partial charge on any atom is -0.481 e. The minimum absolute atomic E-state index is 0.0573. The van der Waals surface area contributed by atoms with Gasteiger partial charge in [-0.3, -0.25) is 9.59 Å². The fraction of sp³-hybridized carbons (Fsp3) is 0.818. The van der Waals surface area contributed by atoms with Crippen molar-refractivity contribution in [3.05, 3.63) is 0 Å². The van der Waals surface area contributed by atoms with E-state index >= 15 is 0 Å². The molecule has 90 valence electrons. The first kappa shape index (κ1) is 11.4. The summed E-state index contributed by atoms with van der Waals surface area (Å²) in [5.74, 6) is -1.20. The summed E-state index contributed by atoms with van der Waals surface area (Å²) in [6.45, 7) is 2.43. The third-order valence-corrected chi connectivity index (χ3v) is 3.57. The van der Waals surface area contributed by atoms with E-state index in [9.17, 15) is 9.59 Å². The van der Waals surface area contributed by atoms with Crippen LogP contribution in [0.2, 0.25) is 0 Å². The zero-order valence-electron chi connectivity index (χ0n) is 9.39. The molecule has 0 radical (unpaired) electrons. The van der Waals surface area contributed by atoms with Crippen LogP contribution in [0.1, 0.15) is 26.2 Å². The second-order valence-electron chi connectivity index (χ2n) is 4.42. The quantitative estimate of drug-likeness (QED) is 0.759. The van der Waals surface area contributed by atoms with Crippen molar-refractivity contribution >= 4 is 11.9 Å². The predicted octanol–water partition coefficient (Wildman–Crippen LogP) is 0.487. The van der Waals surface area contributed by atoms with E-state index in [1.54, 1.807) is 4.90 Å². The number of carboxylic acids is 1. The molecule has 1 N–H and O–H groups in total. The molecular formula is C11H17NO4. The van der Waals surface area contributed by atoms with Gasteiger partial charge in [-0.05, 0) is 26.2 Å². The van der Waals surface area contributed by atoms with Gasteiger partial charge in [0.25, 0.3) is 0 Å². The van der Waals surface area contributed by atoms with Crippen LogP contribution in [-0.2, 0) is 14.3 Å². The van der Waals surface area contributed by atoms with E-state index in [4.69, 9.17) is 9.84 Å². The van der Waals surface area contributed by atoms with E-state index in [1.165, 1.54) is 0 Å². The molecular weight excluding hydrogens is 210 g/mol. The van der Waals surface area contributed by atoms with E-state index in [0.29, 0.717) is 13.0 Å². The first-order valence-electron chi connectivity index (χ1n) is 5.76. The molecule has 5 nitrogen and oxygen atoms in total. The van der Waals surface area contributed by atoms with Crippen LogP contribution in [0, 0.1) is 5.92 Å². The van der Waals surface area contributed by atoms with Crippen molar-refractivity contribution in [1.29, 1.82) is 0 Å². The molecule has 0 aromatic carbocycles. The maximum atomic E-state index is 11.8. The molecule has 16 heavy (non-hydrogen) atoms. The van der Waals surface area contributed by atoms with Gasteiger partial charge >= 0.3 is 5.97 Å². The lowest BCUT2D eigenvalue weighted by Gasteiger charge is -2.22. The van der Waals surface area contributed by atoms with E-state index in [-0.39, 0.29) is 30.5 Å². The van der Waals surface area contributed by atoms with Crippen LogP contribution >= 0.6 is 0 Å². The summed E-state index contributed by atoms with van der Waals surface area (Å²) in [6.07, 6.45) is 2.36. The van der Waals surface area contributed by atoms with Gasteiger partial charge in [0, 0.05) is 18.7 Å². The van der Waals surface area contributed by atoms with Gasteiger partial charge in [-0.15, -0.1) is 0 Å². The lowest BCUT2D eigenvalue weighted by molar-refractivity contribution is -0.143. The minimum atomic E-state index is -0.776. The van der Waals surface area contributed by atoms with E-state index in [1.807, 2.05) is 6.92 Å². The van der Waals surface area contributed by atoms with Crippen molar-refractivity contribution in [3.63, 3.8) is 0 Å². The molecule has 2 bridgehead atoms. The molecule has 0 aliphatic carbocycles. The third-order valence-electron chi connectivity index (χ3n) is 3.57. The maximum absolute atomic E-state index is 11.8. The van der Waals surface area contributed by atoms with Gasteiger partial charge in [-0.25, -0.2) is 0 Å². The first-order chi connectivity index (χ1) is 7.65. The summed E-state index contributed by atoms with van der Waals surface area (Å²) >= 11 is 0. The number of aliphatic carboxylic acids is 1. The zero-order chi connectivity index (χ0) is 11.7. The van der Waals surface area contributed by atoms with E-state index in [2.05, 4.69) is 0 Å². The Labute approximate surface area is 94.4 Å². The van der Waals surface area contributed by atoms with Crippen LogP contribution in [0.3, 0.4) is 0 Å². The molecule has 2 saturated heterocycles. The average molecular weight is 227 g/mol. The van der Waals surface area contributed by atoms with Crippen molar-refractivity contribution in [3.8, 4) is 0 Å². The van der Waals surface area contributed by atoms with Crippen LogP contribution in [0.4, 0.5) is 0 Å². The van der Waals surface area contributed by atoms with Gasteiger partial charge in [0.1, 0.15) is 6.61 Å². The summed E-state index contributed by atoms with van der Waals surface area (Å²) in [5.41, 5.74) is 0. The highest BCUT2D eigenvalue weighted by Crippen LogP contribution is 2.41. The van der Waals surface area contributed by atoms with E-state index < -0.39 is 5.97 Å². The number of fused-ring (bicyclic) bond motifs is 2. The second-order valence-corrected chi connectivity index (χ2v) is 4.42. The molecule has 0 aromatic heterocycles. The standard InChI is InChI=1S/C11H17NO4/c1-2-16-6-10(13)12-7-3-4-9(12)8(5-7)11(14)15/h7-9H,2-6H2,1H3,(H,14,15). The Morgan fingerprint density at radius 3 is 2.75 bits per heavy atom. The summed E-state index contributed by atoms with van der Waals surface area (Å²) in [6, 6.07) is 0.0227. The Bertz CT molecular complexity index is 304. The Kier molecular flexibility index (Phi) is 3.14. The molecule has 0 spiro atoms. The number of nitrogens with zero attached hydrogens (tertiary/aromatic N) is 1. The number of hydrogen-bond acceptors (Lipinski definition) is 3. The van der Waals surface area contributed by atoms with E-state index in [0.717, 1.165) is 12.8 Å². The SMILES string of the molecule is CCOCC(=O)N1C2CCC1C(C(=O)O)C2. The Morgan fingerprint density at radius 1 is 1.44 bits per heavy atom. The van der Waals surface area contributed by atoms with Gasteiger partial charge < -0.3 is 14.7 Å².